The molecule has 0 bridgehead atoms. The van der Waals surface area contributed by atoms with Crippen LogP contribution in [-0.4, -0.2) is 78.9 Å². The molecule has 0 aliphatic rings. The smallest absolute Gasteiger partial charge is 0.337 e. The molecule has 0 aliphatic heterocycles. The molecular weight excluding hydrogens is 1240 g/mol. The first-order valence-corrected chi connectivity index (χ1v) is 31.3. The molecule has 11 nitrogen and oxygen atoms in total. The van der Waals surface area contributed by atoms with Crippen LogP contribution in [0.25, 0.3) is 6.08 Å². The highest BCUT2D eigenvalue weighted by Crippen LogP contribution is 2.21. The van der Waals surface area contributed by atoms with Crippen molar-refractivity contribution in [2.45, 2.75) is 52.9 Å². The summed E-state index contributed by atoms with van der Waals surface area (Å²) in [7, 11) is 10.7. The minimum absolute atomic E-state index is 0.121. The van der Waals surface area contributed by atoms with Gasteiger partial charge in [-0.2, -0.15) is 0 Å². The number of rotatable bonds is 12. The number of esters is 1. The highest BCUT2D eigenvalue weighted by molar-refractivity contribution is 7.98. The normalized spacial score (nSPS) is 9.32. The number of hydrogen-bond donors (Lipinski definition) is 1. The zero-order valence-corrected chi connectivity index (χ0v) is 58.3. The fourth-order valence-electron chi connectivity index (χ4n) is 7.24. The number of carboxylic acid groups (broad SMARTS) is 1. The van der Waals surface area contributed by atoms with E-state index >= 15 is 0 Å². The largest absolute Gasteiger partial charge is 0.497 e. The lowest BCUT2D eigenvalue weighted by Gasteiger charge is -2.02. The number of methoxy groups -OCH3 is 7. The molecule has 1 N–H and O–H groups in total. The van der Waals surface area contributed by atoms with Gasteiger partial charge in [-0.05, 0) is 179 Å². The third kappa shape index (κ3) is 37.8. The topological polar surface area (TPSA) is 136 Å². The zero-order chi connectivity index (χ0) is 70.6. The van der Waals surface area contributed by atoms with Gasteiger partial charge in [0.25, 0.3) is 0 Å². The fourth-order valence-corrected chi connectivity index (χ4v) is 7.90. The van der Waals surface area contributed by atoms with Gasteiger partial charge in [-0.15, -0.1) is 11.8 Å². The Hall–Kier alpha value is -10.2. The van der Waals surface area contributed by atoms with Crippen LogP contribution in [0.1, 0.15) is 79.7 Å². The van der Waals surface area contributed by atoms with Gasteiger partial charge in [0.2, 0.25) is 0 Å². The SMILES string of the molecule is C/C=C/c1ccccc1.CC(=O)c1ccccc1.CCc1ccc(C)cc1.COC(=O)c1cccc(OC)c1.COc1ccc(Cl)cc1C.COc1ccc(F)cc1.COc1cccc(C(=O)O)c1.COc1ccccc1C.COc1ccccc1F.CSc1ccccc1. The maximum absolute atomic E-state index is 12.5. The predicted molar refractivity (Wildman–Crippen MR) is 387 cm³/mol. The summed E-state index contributed by atoms with van der Waals surface area (Å²) in [5.41, 5.74) is 7.78. The maximum atomic E-state index is 12.5. The number of allylic oxidation sites excluding steroid dienone is 1. The van der Waals surface area contributed by atoms with E-state index < -0.39 is 5.97 Å². The average Bonchev–Trinajstić information content (AvgIpc) is 2.49. The van der Waals surface area contributed by atoms with E-state index in [1.807, 2.05) is 136 Å². The summed E-state index contributed by atoms with van der Waals surface area (Å²) in [4.78, 5) is 33.4. The van der Waals surface area contributed by atoms with Gasteiger partial charge in [-0.3, -0.25) is 4.79 Å². The highest BCUT2D eigenvalue weighted by atomic mass is 35.5. The van der Waals surface area contributed by atoms with Crippen LogP contribution in [0.3, 0.4) is 0 Å². The monoisotopic (exact) mass is 1330 g/mol. The van der Waals surface area contributed by atoms with Crippen molar-refractivity contribution < 1.29 is 61.4 Å². The Morgan fingerprint density at radius 3 is 1.35 bits per heavy atom. The molecule has 15 heteroatoms. The van der Waals surface area contributed by atoms with Gasteiger partial charge in [0, 0.05) is 15.5 Å². The summed E-state index contributed by atoms with van der Waals surface area (Å²) >= 11 is 7.49. The number of benzene rings is 10. The van der Waals surface area contributed by atoms with Gasteiger partial charge in [0.05, 0.1) is 60.9 Å². The van der Waals surface area contributed by atoms with E-state index in [0.29, 0.717) is 22.8 Å². The minimum atomic E-state index is -0.941. The van der Waals surface area contributed by atoms with Crippen LogP contribution in [0, 0.1) is 32.4 Å². The molecule has 0 saturated carbocycles. The average molecular weight is 1330 g/mol. The summed E-state index contributed by atoms with van der Waals surface area (Å²) in [5, 5.41) is 9.30. The van der Waals surface area contributed by atoms with Crippen molar-refractivity contribution in [3.8, 4) is 34.5 Å². The van der Waals surface area contributed by atoms with Crippen LogP contribution >= 0.6 is 23.4 Å². The quantitative estimate of drug-likeness (QED) is 0.0708. The van der Waals surface area contributed by atoms with Crippen LogP contribution in [-0.2, 0) is 11.2 Å². The number of hydrogen-bond acceptors (Lipinski definition) is 11. The number of carboxylic acids is 1. The second-order valence-electron chi connectivity index (χ2n) is 19.3. The molecule has 0 amide bonds. The van der Waals surface area contributed by atoms with E-state index in [-0.39, 0.29) is 34.7 Å². The first-order valence-electron chi connectivity index (χ1n) is 29.7. The summed E-state index contributed by atoms with van der Waals surface area (Å²) in [5.74, 6) is 2.28. The summed E-state index contributed by atoms with van der Waals surface area (Å²) < 4.78 is 58.5. The second kappa shape index (κ2) is 51.4. The summed E-state index contributed by atoms with van der Waals surface area (Å²) in [6, 6.07) is 77.3. The van der Waals surface area contributed by atoms with Gasteiger partial charge in [0.1, 0.15) is 34.6 Å². The van der Waals surface area contributed by atoms with E-state index in [0.717, 1.165) is 34.1 Å². The molecule has 502 valence electrons. The maximum Gasteiger partial charge on any atom is 0.337 e. The Labute approximate surface area is 570 Å². The lowest BCUT2D eigenvalue weighted by Crippen LogP contribution is -2.00. The molecule has 10 aromatic rings. The van der Waals surface area contributed by atoms with Crippen molar-refractivity contribution >= 4 is 47.2 Å². The van der Waals surface area contributed by atoms with Crippen LogP contribution in [0.4, 0.5) is 8.78 Å². The summed E-state index contributed by atoms with van der Waals surface area (Å²) in [6.07, 6.45) is 7.34. The Balaban J connectivity index is 0.000000529. The van der Waals surface area contributed by atoms with Crippen LogP contribution < -0.4 is 28.4 Å². The number of halogens is 3. The van der Waals surface area contributed by atoms with E-state index in [4.69, 9.17) is 40.4 Å². The number of para-hydroxylation sites is 2. The van der Waals surface area contributed by atoms with Gasteiger partial charge in [-0.1, -0.05) is 182 Å². The molecule has 0 heterocycles. The molecule has 10 rings (SSSR count). The third-order valence-electron chi connectivity index (χ3n) is 12.4. The van der Waals surface area contributed by atoms with Crippen molar-refractivity contribution in [1.29, 1.82) is 0 Å². The van der Waals surface area contributed by atoms with Gasteiger partial charge < -0.3 is 38.3 Å². The Morgan fingerprint density at radius 2 is 0.937 bits per heavy atom. The standard InChI is InChI=1S/C9H10O3.C9H12.C9H10.C8H9ClO.C8H8O3.C8H10O.C8H8O.2C7H7FO.C7H8S/c1-11-8-5-3-4-7(6-8)9(10)12-2;1-3-9-6-4-8(2)5-7-9;1-2-6-9-7-4-3-5-8-9;1-6-5-7(9)3-4-8(6)10-2;1-11-7-4-2-3-6(5-7)8(9)10;1-7-5-3-4-6-8(7)9-2;1-7(9)8-5-3-2-4-6-8;1-9-7-4-2-6(8)3-5-7;1-9-7-5-3-2-4-6(7)8;1-8-7-5-3-2-4-6-7/h3-6H,1-2H3;4-7H,3H2,1-2H3;2-8H,1H3;3-5H,1-2H3;2-5H,1H3,(H,9,10);3-6H,1-2H3;2-6H,1H3;2*2-5H,1H3;2-6H,1H3/b;;6-2+;;;;;;;. The van der Waals surface area contributed by atoms with E-state index in [9.17, 15) is 23.2 Å². The number of carbonyl (C=O) groups is 3. The molecule has 95 heavy (non-hydrogen) atoms. The van der Waals surface area contributed by atoms with Gasteiger partial charge in [-0.25, -0.2) is 18.4 Å². The van der Waals surface area contributed by atoms with E-state index in [1.54, 1.807) is 114 Å². The first kappa shape index (κ1) is 82.9. The zero-order valence-electron chi connectivity index (χ0n) is 56.7. The van der Waals surface area contributed by atoms with Crippen molar-refractivity contribution in [3.05, 3.63) is 322 Å². The van der Waals surface area contributed by atoms with E-state index in [1.165, 1.54) is 78.8 Å². The molecule has 0 unspecified atom stereocenters. The van der Waals surface area contributed by atoms with Crippen molar-refractivity contribution in [3.63, 3.8) is 0 Å². The van der Waals surface area contributed by atoms with Crippen LogP contribution in [0.2, 0.25) is 5.02 Å². The lowest BCUT2D eigenvalue weighted by molar-refractivity contribution is 0.0599. The Bertz CT molecular complexity index is 3600. The third-order valence-corrected chi connectivity index (χ3v) is 13.4. The molecular formula is C80H89ClF2O11S. The molecule has 0 spiro atoms. The Kier molecular flexibility index (Phi) is 44.8. The molecule has 0 saturated heterocycles. The Morgan fingerprint density at radius 1 is 0.474 bits per heavy atom. The fraction of sp³-hybridized carbons (Fsp3) is 0.188. The van der Waals surface area contributed by atoms with Crippen LogP contribution in [0.5, 0.6) is 34.5 Å². The number of aryl methyl sites for hydroxylation is 4. The highest BCUT2D eigenvalue weighted by Gasteiger charge is 2.05. The van der Waals surface area contributed by atoms with Crippen molar-refractivity contribution in [2.24, 2.45) is 0 Å². The molecule has 10 aromatic carbocycles. The van der Waals surface area contributed by atoms with Crippen molar-refractivity contribution in [1.82, 2.24) is 0 Å². The number of Topliss-reactive ketones (excluding diaryl/α,β-unsaturated/α-hetero) is 1. The minimum Gasteiger partial charge on any atom is -0.497 e. The van der Waals surface area contributed by atoms with E-state index in [2.05, 4.69) is 84.2 Å². The number of carbonyl (C=O) groups excluding carboxylic acids is 2. The predicted octanol–water partition coefficient (Wildman–Crippen LogP) is 20.8. The van der Waals surface area contributed by atoms with Crippen LogP contribution in [0.15, 0.2) is 266 Å². The lowest BCUT2D eigenvalue weighted by atomic mass is 10.1. The number of ether oxygens (including phenoxy) is 7. The number of aromatic carboxylic acids is 1. The molecule has 0 radical (unpaired) electrons. The number of ketones is 1. The molecule has 0 atom stereocenters. The second-order valence-corrected chi connectivity index (χ2v) is 20.6. The molecule has 0 aliphatic carbocycles. The molecule has 0 fully saturated rings. The first-order chi connectivity index (χ1) is 45.8. The molecule has 0 aromatic heterocycles. The van der Waals surface area contributed by atoms with Gasteiger partial charge in [0.15, 0.2) is 17.3 Å². The summed E-state index contributed by atoms with van der Waals surface area (Å²) in [6.45, 7) is 11.9. The number of thioether (sulfide) groups is 1. The van der Waals surface area contributed by atoms with Gasteiger partial charge >= 0.3 is 11.9 Å². The van der Waals surface area contributed by atoms with Crippen molar-refractivity contribution in [2.75, 3.05) is 56.0 Å².